The highest BCUT2D eigenvalue weighted by molar-refractivity contribution is 5.76. The Morgan fingerprint density at radius 3 is 2.58 bits per heavy atom. The van der Waals surface area contributed by atoms with Gasteiger partial charge in [0, 0.05) is 25.6 Å². The van der Waals surface area contributed by atoms with Crippen molar-refractivity contribution in [3.8, 4) is 0 Å². The lowest BCUT2D eigenvalue weighted by molar-refractivity contribution is -0.132. The summed E-state index contributed by atoms with van der Waals surface area (Å²) in [6.45, 7) is 9.56. The molecule has 3 nitrogen and oxygen atoms in total. The molecular formula is C16H26N2O. The molecular weight excluding hydrogens is 236 g/mol. The molecule has 0 fully saturated rings. The zero-order valence-electron chi connectivity index (χ0n) is 12.5. The van der Waals surface area contributed by atoms with Crippen LogP contribution in [0.15, 0.2) is 24.3 Å². The summed E-state index contributed by atoms with van der Waals surface area (Å²) >= 11 is 0. The van der Waals surface area contributed by atoms with Crippen LogP contribution >= 0.6 is 0 Å². The predicted molar refractivity (Wildman–Crippen MR) is 79.7 cm³/mol. The SMILES string of the molecule is CCN(Cc1cccc(C)c1)C(=O)CC(N)C(C)C. The van der Waals surface area contributed by atoms with E-state index in [1.807, 2.05) is 17.9 Å². The van der Waals surface area contributed by atoms with Crippen LogP contribution in [-0.2, 0) is 11.3 Å². The lowest BCUT2D eigenvalue weighted by Crippen LogP contribution is -2.37. The molecule has 0 saturated carbocycles. The van der Waals surface area contributed by atoms with E-state index >= 15 is 0 Å². The Morgan fingerprint density at radius 1 is 1.37 bits per heavy atom. The molecule has 0 saturated heterocycles. The third kappa shape index (κ3) is 5.03. The number of aryl methyl sites for hydroxylation is 1. The van der Waals surface area contributed by atoms with Crippen LogP contribution in [-0.4, -0.2) is 23.4 Å². The van der Waals surface area contributed by atoms with E-state index in [1.165, 1.54) is 11.1 Å². The maximum absolute atomic E-state index is 12.2. The van der Waals surface area contributed by atoms with Crippen LogP contribution in [0, 0.1) is 12.8 Å². The van der Waals surface area contributed by atoms with Gasteiger partial charge in [-0.15, -0.1) is 0 Å². The van der Waals surface area contributed by atoms with E-state index in [0.717, 1.165) is 6.54 Å². The van der Waals surface area contributed by atoms with Gasteiger partial charge in [-0.3, -0.25) is 4.79 Å². The fourth-order valence-corrected chi connectivity index (χ4v) is 1.97. The zero-order chi connectivity index (χ0) is 14.4. The molecule has 1 amide bonds. The highest BCUT2D eigenvalue weighted by atomic mass is 16.2. The lowest BCUT2D eigenvalue weighted by atomic mass is 10.0. The van der Waals surface area contributed by atoms with Gasteiger partial charge >= 0.3 is 0 Å². The van der Waals surface area contributed by atoms with Gasteiger partial charge in [-0.05, 0) is 25.3 Å². The van der Waals surface area contributed by atoms with Crippen molar-refractivity contribution in [2.24, 2.45) is 11.7 Å². The second-order valence-corrected chi connectivity index (χ2v) is 5.51. The van der Waals surface area contributed by atoms with Crippen molar-refractivity contribution in [2.45, 2.75) is 46.7 Å². The van der Waals surface area contributed by atoms with Crippen LogP contribution in [0.5, 0.6) is 0 Å². The van der Waals surface area contributed by atoms with E-state index in [4.69, 9.17) is 5.73 Å². The van der Waals surface area contributed by atoms with E-state index in [0.29, 0.717) is 18.9 Å². The molecule has 1 atom stereocenters. The average Bonchev–Trinajstić information content (AvgIpc) is 2.35. The molecule has 1 rings (SSSR count). The summed E-state index contributed by atoms with van der Waals surface area (Å²) in [6, 6.07) is 8.22. The van der Waals surface area contributed by atoms with E-state index in [9.17, 15) is 4.79 Å². The number of carbonyl (C=O) groups excluding carboxylic acids is 1. The number of carbonyl (C=O) groups is 1. The number of amides is 1. The van der Waals surface area contributed by atoms with Crippen molar-refractivity contribution >= 4 is 5.91 Å². The Hall–Kier alpha value is -1.35. The minimum Gasteiger partial charge on any atom is -0.339 e. The Labute approximate surface area is 116 Å². The minimum absolute atomic E-state index is 0.0564. The van der Waals surface area contributed by atoms with Gasteiger partial charge < -0.3 is 10.6 Å². The summed E-state index contributed by atoms with van der Waals surface area (Å²) < 4.78 is 0. The number of hydrogen-bond acceptors (Lipinski definition) is 2. The van der Waals surface area contributed by atoms with Gasteiger partial charge in [0.2, 0.25) is 5.91 Å². The Morgan fingerprint density at radius 2 is 2.05 bits per heavy atom. The molecule has 19 heavy (non-hydrogen) atoms. The maximum atomic E-state index is 12.2. The van der Waals surface area contributed by atoms with Crippen molar-refractivity contribution in [3.05, 3.63) is 35.4 Å². The monoisotopic (exact) mass is 262 g/mol. The molecule has 0 aliphatic heterocycles. The smallest absolute Gasteiger partial charge is 0.224 e. The zero-order valence-corrected chi connectivity index (χ0v) is 12.5. The quantitative estimate of drug-likeness (QED) is 0.857. The molecule has 3 heteroatoms. The first-order valence-electron chi connectivity index (χ1n) is 7.03. The molecule has 0 spiro atoms. The van der Waals surface area contributed by atoms with Gasteiger partial charge in [0.05, 0.1) is 0 Å². The van der Waals surface area contributed by atoms with Crippen LogP contribution in [0.4, 0.5) is 0 Å². The second-order valence-electron chi connectivity index (χ2n) is 5.51. The lowest BCUT2D eigenvalue weighted by Gasteiger charge is -2.24. The van der Waals surface area contributed by atoms with Gasteiger partial charge in [-0.2, -0.15) is 0 Å². The van der Waals surface area contributed by atoms with Crippen LogP contribution in [0.2, 0.25) is 0 Å². The van der Waals surface area contributed by atoms with Gasteiger partial charge in [0.25, 0.3) is 0 Å². The summed E-state index contributed by atoms with van der Waals surface area (Å²) in [5.41, 5.74) is 8.38. The third-order valence-corrected chi connectivity index (χ3v) is 3.46. The molecule has 0 heterocycles. The molecule has 0 aliphatic rings. The van der Waals surface area contributed by atoms with Crippen LogP contribution in [0.1, 0.15) is 38.3 Å². The van der Waals surface area contributed by atoms with Crippen molar-refractivity contribution < 1.29 is 4.79 Å². The van der Waals surface area contributed by atoms with E-state index < -0.39 is 0 Å². The molecule has 0 aromatic heterocycles. The van der Waals surface area contributed by atoms with Gasteiger partial charge in [-0.1, -0.05) is 43.7 Å². The molecule has 1 unspecified atom stereocenters. The third-order valence-electron chi connectivity index (χ3n) is 3.46. The summed E-state index contributed by atoms with van der Waals surface area (Å²) in [6.07, 6.45) is 0.428. The molecule has 106 valence electrons. The Balaban J connectivity index is 2.65. The van der Waals surface area contributed by atoms with Crippen LogP contribution in [0.3, 0.4) is 0 Å². The van der Waals surface area contributed by atoms with Crippen LogP contribution in [0.25, 0.3) is 0 Å². The summed E-state index contributed by atoms with van der Waals surface area (Å²) in [5.74, 6) is 0.479. The summed E-state index contributed by atoms with van der Waals surface area (Å²) in [5, 5.41) is 0. The highest BCUT2D eigenvalue weighted by Crippen LogP contribution is 2.11. The van der Waals surface area contributed by atoms with E-state index in [1.54, 1.807) is 0 Å². The largest absolute Gasteiger partial charge is 0.339 e. The maximum Gasteiger partial charge on any atom is 0.224 e. The fraction of sp³-hybridized carbons (Fsp3) is 0.562. The van der Waals surface area contributed by atoms with Crippen molar-refractivity contribution in [1.82, 2.24) is 4.90 Å². The van der Waals surface area contributed by atoms with Crippen molar-refractivity contribution in [2.75, 3.05) is 6.54 Å². The number of rotatable bonds is 6. The molecule has 0 bridgehead atoms. The second kappa shape index (κ2) is 7.29. The van der Waals surface area contributed by atoms with E-state index in [2.05, 4.69) is 39.0 Å². The van der Waals surface area contributed by atoms with Gasteiger partial charge in [-0.25, -0.2) is 0 Å². The molecule has 0 radical (unpaired) electrons. The Kier molecular flexibility index (Phi) is 6.03. The topological polar surface area (TPSA) is 46.3 Å². The van der Waals surface area contributed by atoms with Crippen LogP contribution < -0.4 is 5.73 Å². The average molecular weight is 262 g/mol. The highest BCUT2D eigenvalue weighted by Gasteiger charge is 2.17. The van der Waals surface area contributed by atoms with Crippen molar-refractivity contribution in [3.63, 3.8) is 0 Å². The number of nitrogens with zero attached hydrogens (tertiary/aromatic N) is 1. The standard InChI is InChI=1S/C16H26N2O/c1-5-18(16(19)10-15(17)12(2)3)11-14-8-6-7-13(4)9-14/h6-9,12,15H,5,10-11,17H2,1-4H3. The van der Waals surface area contributed by atoms with Crippen molar-refractivity contribution in [1.29, 1.82) is 0 Å². The minimum atomic E-state index is -0.0564. The Bertz CT molecular complexity index is 415. The summed E-state index contributed by atoms with van der Waals surface area (Å²) in [4.78, 5) is 14.1. The normalized spacial score (nSPS) is 12.5. The first-order valence-corrected chi connectivity index (χ1v) is 7.03. The molecule has 1 aromatic rings. The molecule has 1 aromatic carbocycles. The first-order chi connectivity index (χ1) is 8.93. The van der Waals surface area contributed by atoms with E-state index in [-0.39, 0.29) is 11.9 Å². The van der Waals surface area contributed by atoms with Gasteiger partial charge in [0.1, 0.15) is 0 Å². The predicted octanol–water partition coefficient (Wildman–Crippen LogP) is 2.72. The molecule has 0 aliphatic carbocycles. The first kappa shape index (κ1) is 15.7. The number of hydrogen-bond donors (Lipinski definition) is 1. The number of nitrogens with two attached hydrogens (primary N) is 1. The van der Waals surface area contributed by atoms with Gasteiger partial charge in [0.15, 0.2) is 0 Å². The fourth-order valence-electron chi connectivity index (χ4n) is 1.97. The summed E-state index contributed by atoms with van der Waals surface area (Å²) in [7, 11) is 0. The molecule has 2 N–H and O–H groups in total. The number of benzene rings is 1.